The summed E-state index contributed by atoms with van der Waals surface area (Å²) in [6.07, 6.45) is 1.45. The maximum atomic E-state index is 13.3. The summed E-state index contributed by atoms with van der Waals surface area (Å²) in [5.41, 5.74) is 1.13. The summed E-state index contributed by atoms with van der Waals surface area (Å²) in [6, 6.07) is 8.83. The smallest absolute Gasteiger partial charge is 0.321 e. The van der Waals surface area contributed by atoms with Crippen LogP contribution in [-0.2, 0) is 15.4 Å². The van der Waals surface area contributed by atoms with E-state index in [-0.39, 0.29) is 35.3 Å². The van der Waals surface area contributed by atoms with Crippen molar-refractivity contribution in [3.05, 3.63) is 63.6 Å². The number of halogens is 3. The van der Waals surface area contributed by atoms with Gasteiger partial charge in [-0.1, -0.05) is 28.4 Å². The first-order valence-electron chi connectivity index (χ1n) is 12.7. The number of nitrogens with one attached hydrogen (secondary N) is 1. The zero-order chi connectivity index (χ0) is 27.5. The van der Waals surface area contributed by atoms with Crippen LogP contribution in [0.2, 0.25) is 10.0 Å². The molecule has 1 aliphatic carbocycles. The average molecular weight is 594 g/mol. The standard InChI is InChI=1S/C26H26Cl2FN5O4S/c1-2-39(36,37)34-13-16-11-33(12-17(16)14-34)25(35)30-19-9-20(27)22(21(28)10-19)26(7-8-26)24-31-23(38-32-24)15-3-5-18(29)6-4-15/h3-6,9-10,16-17H,2,7-8,11-14H2,1H3,(H,30,35). The number of benzene rings is 2. The molecule has 13 heteroatoms. The van der Waals surface area contributed by atoms with Crippen molar-refractivity contribution in [2.75, 3.05) is 37.2 Å². The molecule has 3 aromatic rings. The van der Waals surface area contributed by atoms with Gasteiger partial charge in [0.05, 0.1) is 11.2 Å². The van der Waals surface area contributed by atoms with Crippen molar-refractivity contribution < 1.29 is 22.1 Å². The molecule has 0 radical (unpaired) electrons. The lowest BCUT2D eigenvalue weighted by Gasteiger charge is -2.22. The van der Waals surface area contributed by atoms with Crippen LogP contribution in [0.1, 0.15) is 31.2 Å². The quantitative estimate of drug-likeness (QED) is 0.430. The van der Waals surface area contributed by atoms with Crippen LogP contribution in [0.15, 0.2) is 40.9 Å². The summed E-state index contributed by atoms with van der Waals surface area (Å²) in [4.78, 5) is 19.3. The van der Waals surface area contributed by atoms with Gasteiger partial charge in [0.2, 0.25) is 10.0 Å². The summed E-state index contributed by atoms with van der Waals surface area (Å²) >= 11 is 13.4. The molecule has 0 spiro atoms. The Morgan fingerprint density at radius 1 is 1.10 bits per heavy atom. The number of aromatic nitrogens is 2. The van der Waals surface area contributed by atoms with Gasteiger partial charge in [-0.05, 0) is 68.0 Å². The summed E-state index contributed by atoms with van der Waals surface area (Å²) in [7, 11) is -3.23. The van der Waals surface area contributed by atoms with E-state index >= 15 is 0 Å². The van der Waals surface area contributed by atoms with Crippen molar-refractivity contribution >= 4 is 44.9 Å². The molecular formula is C26H26Cl2FN5O4S. The molecule has 1 aromatic heterocycles. The highest BCUT2D eigenvalue weighted by atomic mass is 35.5. The van der Waals surface area contributed by atoms with Crippen molar-refractivity contribution in [1.29, 1.82) is 0 Å². The minimum absolute atomic E-state index is 0.0809. The lowest BCUT2D eigenvalue weighted by atomic mass is 9.94. The van der Waals surface area contributed by atoms with Crippen LogP contribution in [-0.4, -0.2) is 65.7 Å². The molecule has 2 unspecified atom stereocenters. The molecule has 2 aromatic carbocycles. The Balaban J connectivity index is 1.15. The Bertz CT molecular complexity index is 1510. The highest BCUT2D eigenvalue weighted by Gasteiger charge is 2.52. The fourth-order valence-corrected chi connectivity index (χ4v) is 7.72. The minimum Gasteiger partial charge on any atom is -0.334 e. The highest BCUT2D eigenvalue weighted by Crippen LogP contribution is 2.57. The molecule has 1 saturated carbocycles. The van der Waals surface area contributed by atoms with E-state index in [2.05, 4.69) is 15.5 Å². The van der Waals surface area contributed by atoms with Gasteiger partial charge < -0.3 is 14.7 Å². The Kier molecular flexibility index (Phi) is 6.60. The van der Waals surface area contributed by atoms with Crippen LogP contribution in [0.25, 0.3) is 11.5 Å². The number of carbonyl (C=O) groups excluding carboxylic acids is 1. The normalized spacial score (nSPS) is 22.2. The number of likely N-dealkylation sites (tertiary alicyclic amines) is 1. The molecule has 6 rings (SSSR count). The number of urea groups is 1. The van der Waals surface area contributed by atoms with E-state index in [1.165, 1.54) is 16.4 Å². The van der Waals surface area contributed by atoms with Crippen molar-refractivity contribution in [2.24, 2.45) is 11.8 Å². The van der Waals surface area contributed by atoms with E-state index in [1.807, 2.05) is 0 Å². The van der Waals surface area contributed by atoms with Crippen molar-refractivity contribution in [2.45, 2.75) is 25.2 Å². The number of hydrogen-bond donors (Lipinski definition) is 1. The molecule has 2 saturated heterocycles. The highest BCUT2D eigenvalue weighted by molar-refractivity contribution is 7.89. The van der Waals surface area contributed by atoms with Gasteiger partial charge in [-0.25, -0.2) is 21.9 Å². The van der Waals surface area contributed by atoms with Crippen molar-refractivity contribution in [3.63, 3.8) is 0 Å². The molecule has 206 valence electrons. The van der Waals surface area contributed by atoms with Gasteiger partial charge >= 0.3 is 6.03 Å². The lowest BCUT2D eigenvalue weighted by molar-refractivity contribution is 0.217. The second-order valence-electron chi connectivity index (χ2n) is 10.4. The minimum atomic E-state index is -3.23. The number of carbonyl (C=O) groups is 1. The topological polar surface area (TPSA) is 109 Å². The van der Waals surface area contributed by atoms with Gasteiger partial charge in [0.1, 0.15) is 5.82 Å². The zero-order valence-electron chi connectivity index (χ0n) is 21.0. The summed E-state index contributed by atoms with van der Waals surface area (Å²) < 4.78 is 44.7. The molecule has 3 fully saturated rings. The maximum Gasteiger partial charge on any atom is 0.321 e. The third kappa shape index (κ3) is 4.79. The predicted octanol–water partition coefficient (Wildman–Crippen LogP) is 5.01. The van der Waals surface area contributed by atoms with Crippen LogP contribution < -0.4 is 5.32 Å². The number of anilines is 1. The molecule has 2 amide bonds. The molecule has 39 heavy (non-hydrogen) atoms. The molecule has 2 aliphatic heterocycles. The first kappa shape index (κ1) is 26.5. The summed E-state index contributed by atoms with van der Waals surface area (Å²) in [5, 5.41) is 7.81. The predicted molar refractivity (Wildman–Crippen MR) is 145 cm³/mol. The fraction of sp³-hybridized carbons (Fsp3) is 0.423. The number of fused-ring (bicyclic) bond motifs is 1. The van der Waals surface area contributed by atoms with Crippen LogP contribution >= 0.6 is 23.2 Å². The average Bonchev–Trinajstić information content (AvgIpc) is 3.22. The van der Waals surface area contributed by atoms with E-state index in [4.69, 9.17) is 27.7 Å². The molecule has 1 N–H and O–H groups in total. The second-order valence-corrected chi connectivity index (χ2v) is 13.5. The van der Waals surface area contributed by atoms with Gasteiger partial charge in [-0.3, -0.25) is 0 Å². The van der Waals surface area contributed by atoms with E-state index in [1.54, 1.807) is 36.1 Å². The van der Waals surface area contributed by atoms with Crippen LogP contribution in [0.5, 0.6) is 0 Å². The number of hydrogen-bond acceptors (Lipinski definition) is 6. The van der Waals surface area contributed by atoms with Gasteiger partial charge in [-0.2, -0.15) is 4.98 Å². The number of sulfonamides is 1. The van der Waals surface area contributed by atoms with E-state index in [0.717, 1.165) is 12.8 Å². The number of nitrogens with zero attached hydrogens (tertiary/aromatic N) is 4. The van der Waals surface area contributed by atoms with E-state index < -0.39 is 15.4 Å². The largest absolute Gasteiger partial charge is 0.334 e. The lowest BCUT2D eigenvalue weighted by Crippen LogP contribution is -2.38. The Labute approximate surface area is 235 Å². The third-order valence-corrected chi connectivity index (χ3v) is 10.4. The Morgan fingerprint density at radius 2 is 1.72 bits per heavy atom. The SMILES string of the molecule is CCS(=O)(=O)N1CC2CN(C(=O)Nc3cc(Cl)c(C4(c5noc(-c6ccc(F)cc6)n5)CC4)c(Cl)c3)CC2C1. The van der Waals surface area contributed by atoms with E-state index in [0.29, 0.717) is 58.9 Å². The maximum absolute atomic E-state index is 13.3. The Hall–Kier alpha value is -2.73. The van der Waals surface area contributed by atoms with Crippen LogP contribution in [0.4, 0.5) is 14.9 Å². The molecule has 9 nitrogen and oxygen atoms in total. The first-order valence-corrected chi connectivity index (χ1v) is 15.1. The zero-order valence-corrected chi connectivity index (χ0v) is 23.4. The molecule has 3 heterocycles. The molecular weight excluding hydrogens is 568 g/mol. The van der Waals surface area contributed by atoms with Crippen LogP contribution in [0, 0.1) is 17.7 Å². The molecule has 2 atom stereocenters. The monoisotopic (exact) mass is 593 g/mol. The number of amides is 2. The van der Waals surface area contributed by atoms with Gasteiger partial charge in [0.15, 0.2) is 5.82 Å². The molecule has 0 bridgehead atoms. The van der Waals surface area contributed by atoms with Crippen LogP contribution in [0.3, 0.4) is 0 Å². The van der Waals surface area contributed by atoms with Gasteiger partial charge in [0, 0.05) is 53.0 Å². The fourth-order valence-electron chi connectivity index (χ4n) is 5.67. The van der Waals surface area contributed by atoms with Gasteiger partial charge in [-0.15, -0.1) is 0 Å². The first-order chi connectivity index (χ1) is 18.6. The van der Waals surface area contributed by atoms with E-state index in [9.17, 15) is 17.6 Å². The van der Waals surface area contributed by atoms with Crippen molar-refractivity contribution in [1.82, 2.24) is 19.3 Å². The third-order valence-electron chi connectivity index (χ3n) is 7.97. The summed E-state index contributed by atoms with van der Waals surface area (Å²) in [6.45, 7) is 3.51. The van der Waals surface area contributed by atoms with Gasteiger partial charge in [0.25, 0.3) is 5.89 Å². The van der Waals surface area contributed by atoms with Crippen molar-refractivity contribution in [3.8, 4) is 11.5 Å². The number of rotatable bonds is 6. The second kappa shape index (κ2) is 9.72. The summed E-state index contributed by atoms with van der Waals surface area (Å²) in [5.74, 6) is 0.692. The Morgan fingerprint density at radius 3 is 2.28 bits per heavy atom. The molecule has 3 aliphatic rings.